The smallest absolute Gasteiger partial charge is 0.270 e. The minimum absolute atomic E-state index is 0.0220. The molecule has 0 aromatic heterocycles. The molecule has 1 rings (SSSR count). The van der Waals surface area contributed by atoms with E-state index in [1.54, 1.807) is 0 Å². The van der Waals surface area contributed by atoms with E-state index >= 15 is 0 Å². The summed E-state index contributed by atoms with van der Waals surface area (Å²) in [5.74, 6) is -1.56. The van der Waals surface area contributed by atoms with Gasteiger partial charge in [-0.2, -0.15) is 0 Å². The van der Waals surface area contributed by atoms with Crippen molar-refractivity contribution >= 4 is 11.6 Å². The maximum absolute atomic E-state index is 13.8. The number of hydrogen-bond acceptors (Lipinski definition) is 5. The zero-order valence-corrected chi connectivity index (χ0v) is 11.8. The molecule has 0 aliphatic carbocycles. The van der Waals surface area contributed by atoms with Crippen LogP contribution in [0.25, 0.3) is 0 Å². The lowest BCUT2D eigenvalue weighted by molar-refractivity contribution is -0.385. The number of non-ortho nitro benzene ring substituents is 1. The number of ether oxygens (including phenoxy) is 1. The first kappa shape index (κ1) is 17.0. The Morgan fingerprint density at radius 2 is 2.24 bits per heavy atom. The second-order valence-corrected chi connectivity index (χ2v) is 4.54. The molecule has 0 aliphatic rings. The van der Waals surface area contributed by atoms with Crippen LogP contribution >= 0.6 is 0 Å². The molecule has 0 spiro atoms. The molecule has 21 heavy (non-hydrogen) atoms. The molecule has 1 unspecified atom stereocenters. The number of nitro groups is 1. The zero-order valence-electron chi connectivity index (χ0n) is 11.8. The van der Waals surface area contributed by atoms with Gasteiger partial charge in [0.05, 0.1) is 23.2 Å². The highest BCUT2D eigenvalue weighted by molar-refractivity contribution is 5.95. The summed E-state index contributed by atoms with van der Waals surface area (Å²) in [6.07, 6.45) is -0.512. The molecule has 0 saturated carbocycles. The number of benzene rings is 1. The van der Waals surface area contributed by atoms with E-state index in [1.165, 1.54) is 14.0 Å². The standard InChI is InChI=1S/C13H17FN2O5/c1-8-5-9(16(19)20)6-11(12(8)14)13(18)15-4-3-10(17)7-21-2/h5-6,10,17H,3-4,7H2,1-2H3,(H,15,18). The third-order valence-corrected chi connectivity index (χ3v) is 2.82. The van der Waals surface area contributed by atoms with E-state index in [9.17, 15) is 24.4 Å². The Morgan fingerprint density at radius 3 is 2.81 bits per heavy atom. The fourth-order valence-electron chi connectivity index (χ4n) is 1.74. The number of halogens is 1. The van der Waals surface area contributed by atoms with Crippen LogP contribution in [0.15, 0.2) is 12.1 Å². The van der Waals surface area contributed by atoms with E-state index in [1.807, 2.05) is 0 Å². The van der Waals surface area contributed by atoms with Gasteiger partial charge >= 0.3 is 0 Å². The van der Waals surface area contributed by atoms with Crippen molar-refractivity contribution in [1.29, 1.82) is 0 Å². The van der Waals surface area contributed by atoms with E-state index in [0.29, 0.717) is 0 Å². The minimum Gasteiger partial charge on any atom is -0.391 e. The van der Waals surface area contributed by atoms with Crippen LogP contribution in [-0.4, -0.2) is 42.3 Å². The van der Waals surface area contributed by atoms with Gasteiger partial charge in [0.15, 0.2) is 0 Å². The first-order valence-electron chi connectivity index (χ1n) is 6.26. The summed E-state index contributed by atoms with van der Waals surface area (Å²) < 4.78 is 18.6. The third kappa shape index (κ3) is 4.76. The number of nitrogens with one attached hydrogen (secondary N) is 1. The highest BCUT2D eigenvalue weighted by atomic mass is 19.1. The monoisotopic (exact) mass is 300 g/mol. The lowest BCUT2D eigenvalue weighted by Gasteiger charge is -2.11. The number of aliphatic hydroxyl groups is 1. The quantitative estimate of drug-likeness (QED) is 0.581. The Labute approximate surface area is 120 Å². The van der Waals surface area contributed by atoms with Crippen LogP contribution in [0.5, 0.6) is 0 Å². The average Bonchev–Trinajstić information content (AvgIpc) is 2.41. The molecule has 0 bridgehead atoms. The maximum atomic E-state index is 13.8. The van der Waals surface area contributed by atoms with E-state index in [2.05, 4.69) is 5.32 Å². The van der Waals surface area contributed by atoms with Crippen molar-refractivity contribution in [3.05, 3.63) is 39.2 Å². The first-order valence-corrected chi connectivity index (χ1v) is 6.26. The third-order valence-electron chi connectivity index (χ3n) is 2.82. The van der Waals surface area contributed by atoms with Crippen LogP contribution < -0.4 is 5.32 Å². The summed E-state index contributed by atoms with van der Waals surface area (Å²) in [5.41, 5.74) is -0.713. The molecule has 0 saturated heterocycles. The molecule has 0 radical (unpaired) electrons. The number of nitro benzene ring substituents is 1. The molecule has 0 fully saturated rings. The number of aryl methyl sites for hydroxylation is 1. The van der Waals surface area contributed by atoms with E-state index in [4.69, 9.17) is 4.74 Å². The Balaban J connectivity index is 2.76. The molecule has 7 nitrogen and oxygen atoms in total. The molecule has 2 N–H and O–H groups in total. The zero-order chi connectivity index (χ0) is 16.0. The van der Waals surface area contributed by atoms with E-state index in [0.717, 1.165) is 12.1 Å². The van der Waals surface area contributed by atoms with Gasteiger partial charge in [-0.25, -0.2) is 4.39 Å². The van der Waals surface area contributed by atoms with Crippen molar-refractivity contribution in [2.45, 2.75) is 19.4 Å². The highest BCUT2D eigenvalue weighted by Gasteiger charge is 2.19. The second-order valence-electron chi connectivity index (χ2n) is 4.54. The molecule has 116 valence electrons. The second kappa shape index (κ2) is 7.65. The fraction of sp³-hybridized carbons (Fsp3) is 0.462. The molecule has 0 heterocycles. The van der Waals surface area contributed by atoms with Crippen molar-refractivity contribution in [2.24, 2.45) is 0 Å². The summed E-state index contributed by atoms with van der Waals surface area (Å²) in [6, 6.07) is 1.96. The van der Waals surface area contributed by atoms with Crippen molar-refractivity contribution in [3.8, 4) is 0 Å². The summed E-state index contributed by atoms with van der Waals surface area (Å²) in [4.78, 5) is 21.9. The summed E-state index contributed by atoms with van der Waals surface area (Å²) in [6.45, 7) is 1.58. The van der Waals surface area contributed by atoms with Crippen LogP contribution in [0.2, 0.25) is 0 Å². The number of aliphatic hydroxyl groups excluding tert-OH is 1. The molecular weight excluding hydrogens is 283 g/mol. The lowest BCUT2D eigenvalue weighted by Crippen LogP contribution is -2.29. The van der Waals surface area contributed by atoms with E-state index in [-0.39, 0.29) is 36.4 Å². The van der Waals surface area contributed by atoms with Crippen LogP contribution in [0.1, 0.15) is 22.3 Å². The number of nitrogens with zero attached hydrogens (tertiary/aromatic N) is 1. The van der Waals surface area contributed by atoms with Gasteiger partial charge in [0.2, 0.25) is 0 Å². The molecule has 0 aliphatic heterocycles. The molecule has 1 aromatic rings. The SMILES string of the molecule is COCC(O)CCNC(=O)c1cc([N+](=O)[O-])cc(C)c1F. The molecule has 1 atom stereocenters. The number of hydrogen-bond donors (Lipinski definition) is 2. The van der Waals surface area contributed by atoms with Gasteiger partial charge in [0, 0.05) is 25.8 Å². The predicted molar refractivity (Wildman–Crippen MR) is 72.6 cm³/mol. The van der Waals surface area contributed by atoms with Gasteiger partial charge in [0.1, 0.15) is 5.82 Å². The average molecular weight is 300 g/mol. The lowest BCUT2D eigenvalue weighted by atomic mass is 10.1. The summed E-state index contributed by atoms with van der Waals surface area (Å²) in [5, 5.41) is 22.5. The molecule has 8 heteroatoms. The van der Waals surface area contributed by atoms with Crippen molar-refractivity contribution in [1.82, 2.24) is 5.32 Å². The van der Waals surface area contributed by atoms with Gasteiger partial charge in [0.25, 0.3) is 11.6 Å². The molecular formula is C13H17FN2O5. The van der Waals surface area contributed by atoms with Gasteiger partial charge < -0.3 is 15.2 Å². The van der Waals surface area contributed by atoms with Crippen LogP contribution in [0.4, 0.5) is 10.1 Å². The number of carbonyl (C=O) groups excluding carboxylic acids is 1. The Morgan fingerprint density at radius 1 is 1.57 bits per heavy atom. The van der Waals surface area contributed by atoms with Crippen molar-refractivity contribution in [3.63, 3.8) is 0 Å². The largest absolute Gasteiger partial charge is 0.391 e. The Hall–Kier alpha value is -2.06. The van der Waals surface area contributed by atoms with Crippen molar-refractivity contribution in [2.75, 3.05) is 20.3 Å². The fourth-order valence-corrected chi connectivity index (χ4v) is 1.74. The van der Waals surface area contributed by atoms with Gasteiger partial charge in [-0.1, -0.05) is 0 Å². The minimum atomic E-state index is -0.796. The van der Waals surface area contributed by atoms with E-state index < -0.39 is 22.8 Å². The molecule has 1 amide bonds. The highest BCUT2D eigenvalue weighted by Crippen LogP contribution is 2.20. The first-order chi connectivity index (χ1) is 9.86. The predicted octanol–water partition coefficient (Wildman–Crippen LogP) is 1.17. The van der Waals surface area contributed by atoms with Crippen LogP contribution in [0.3, 0.4) is 0 Å². The van der Waals surface area contributed by atoms with Crippen LogP contribution in [-0.2, 0) is 4.74 Å². The number of amides is 1. The van der Waals surface area contributed by atoms with Gasteiger partial charge in [-0.05, 0) is 18.9 Å². The topological polar surface area (TPSA) is 102 Å². The summed E-state index contributed by atoms with van der Waals surface area (Å²) >= 11 is 0. The van der Waals surface area contributed by atoms with Gasteiger partial charge in [-0.3, -0.25) is 14.9 Å². The van der Waals surface area contributed by atoms with Gasteiger partial charge in [-0.15, -0.1) is 0 Å². The molecule has 1 aromatic carbocycles. The van der Waals surface area contributed by atoms with Crippen LogP contribution in [0, 0.1) is 22.9 Å². The normalized spacial score (nSPS) is 12.0. The summed E-state index contributed by atoms with van der Waals surface area (Å²) in [7, 11) is 1.43. The maximum Gasteiger partial charge on any atom is 0.270 e. The Kier molecular flexibility index (Phi) is 6.19. The number of carbonyl (C=O) groups is 1. The Bertz CT molecular complexity index is 536. The number of methoxy groups -OCH3 is 1. The van der Waals surface area contributed by atoms with Crippen molar-refractivity contribution < 1.29 is 24.0 Å². The number of rotatable bonds is 7.